The van der Waals surface area contributed by atoms with Crippen molar-refractivity contribution in [3.05, 3.63) is 29.1 Å². The van der Waals surface area contributed by atoms with E-state index in [0.717, 1.165) is 24.8 Å². The van der Waals surface area contributed by atoms with Crippen molar-refractivity contribution in [1.82, 2.24) is 4.90 Å². The lowest BCUT2D eigenvalue weighted by molar-refractivity contribution is -0.120. The fraction of sp³-hybridized carbons (Fsp3) is 0.562. The molecule has 0 aliphatic rings. The molecule has 0 heterocycles. The summed E-state index contributed by atoms with van der Waals surface area (Å²) < 4.78 is 13.6. The number of nitrogens with one attached hydrogen (secondary N) is 1. The summed E-state index contributed by atoms with van der Waals surface area (Å²) in [6, 6.07) is 2.94. The lowest BCUT2D eigenvalue weighted by Gasteiger charge is -2.24. The van der Waals surface area contributed by atoms with Crippen molar-refractivity contribution in [1.29, 1.82) is 0 Å². The van der Waals surface area contributed by atoms with E-state index in [-0.39, 0.29) is 17.8 Å². The van der Waals surface area contributed by atoms with E-state index in [4.69, 9.17) is 0 Å². The molecule has 0 saturated heterocycles. The molecule has 0 bridgehead atoms. The fourth-order valence-electron chi connectivity index (χ4n) is 2.24. The summed E-state index contributed by atoms with van der Waals surface area (Å²) in [5.41, 5.74) is 1.97. The lowest BCUT2D eigenvalue weighted by Crippen LogP contribution is -2.39. The van der Waals surface area contributed by atoms with Crippen LogP contribution in [0.3, 0.4) is 0 Å². The Labute approximate surface area is 121 Å². The monoisotopic (exact) mass is 280 g/mol. The maximum absolute atomic E-state index is 13.6. The molecule has 1 N–H and O–H groups in total. The van der Waals surface area contributed by atoms with Crippen LogP contribution in [0, 0.1) is 19.7 Å². The van der Waals surface area contributed by atoms with Gasteiger partial charge in [0.2, 0.25) is 5.91 Å². The molecule has 3 nitrogen and oxygen atoms in total. The highest BCUT2D eigenvalue weighted by molar-refractivity contribution is 5.96. The molecule has 0 aliphatic carbocycles. The zero-order valence-electron chi connectivity index (χ0n) is 13.1. The molecule has 0 saturated carbocycles. The van der Waals surface area contributed by atoms with Crippen molar-refractivity contribution < 1.29 is 9.18 Å². The van der Waals surface area contributed by atoms with Crippen LogP contribution in [0.15, 0.2) is 12.1 Å². The number of hydrogen-bond donors (Lipinski definition) is 1. The summed E-state index contributed by atoms with van der Waals surface area (Å²) in [5.74, 6) is -0.360. The number of unbranched alkanes of at least 4 members (excludes halogenated alkanes) is 1. The summed E-state index contributed by atoms with van der Waals surface area (Å²) in [4.78, 5) is 14.3. The number of carbonyl (C=O) groups excluding carboxylic acids is 1. The highest BCUT2D eigenvalue weighted by Gasteiger charge is 2.21. The summed E-state index contributed by atoms with van der Waals surface area (Å²) >= 11 is 0. The third-order valence-corrected chi connectivity index (χ3v) is 3.61. The van der Waals surface area contributed by atoms with Crippen molar-refractivity contribution in [3.63, 3.8) is 0 Å². The molecular formula is C16H25FN2O. The molecule has 1 amide bonds. The van der Waals surface area contributed by atoms with Gasteiger partial charge < -0.3 is 5.32 Å². The molecule has 1 atom stereocenters. The first-order valence-corrected chi connectivity index (χ1v) is 7.11. The quantitative estimate of drug-likeness (QED) is 0.865. The van der Waals surface area contributed by atoms with E-state index in [2.05, 4.69) is 12.2 Å². The van der Waals surface area contributed by atoms with Gasteiger partial charge in [0.25, 0.3) is 0 Å². The zero-order chi connectivity index (χ0) is 15.3. The summed E-state index contributed by atoms with van der Waals surface area (Å²) in [6.07, 6.45) is 2.86. The van der Waals surface area contributed by atoms with Crippen LogP contribution < -0.4 is 5.32 Å². The number of nitrogens with zero attached hydrogens (tertiary/aromatic N) is 1. The van der Waals surface area contributed by atoms with Gasteiger partial charge in [-0.25, -0.2) is 4.39 Å². The first-order chi connectivity index (χ1) is 9.38. The first kappa shape index (κ1) is 16.6. The highest BCUT2D eigenvalue weighted by Crippen LogP contribution is 2.23. The van der Waals surface area contributed by atoms with Crippen molar-refractivity contribution in [2.24, 2.45) is 0 Å². The molecule has 0 aromatic heterocycles. The number of carbonyl (C=O) groups is 1. The van der Waals surface area contributed by atoms with Gasteiger partial charge in [-0.3, -0.25) is 9.69 Å². The topological polar surface area (TPSA) is 32.3 Å². The van der Waals surface area contributed by atoms with Gasteiger partial charge in [0.1, 0.15) is 5.82 Å². The van der Waals surface area contributed by atoms with Gasteiger partial charge >= 0.3 is 0 Å². The SMILES string of the molecule is CCCCC(C(=O)Nc1c(C)ccc(F)c1C)N(C)C. The van der Waals surface area contributed by atoms with Crippen LogP contribution in [0.1, 0.15) is 37.3 Å². The van der Waals surface area contributed by atoms with Gasteiger partial charge in [0, 0.05) is 11.3 Å². The minimum atomic E-state index is -0.291. The van der Waals surface area contributed by atoms with Crippen molar-refractivity contribution in [3.8, 4) is 0 Å². The minimum absolute atomic E-state index is 0.0692. The molecule has 0 fully saturated rings. The van der Waals surface area contributed by atoms with Gasteiger partial charge in [-0.15, -0.1) is 0 Å². The van der Waals surface area contributed by atoms with Crippen molar-refractivity contribution in [2.75, 3.05) is 19.4 Å². The van der Waals surface area contributed by atoms with Crippen molar-refractivity contribution >= 4 is 11.6 Å². The number of hydrogen-bond acceptors (Lipinski definition) is 2. The van der Waals surface area contributed by atoms with Crippen LogP contribution >= 0.6 is 0 Å². The third-order valence-electron chi connectivity index (χ3n) is 3.61. The molecule has 1 aromatic carbocycles. The van der Waals surface area contributed by atoms with E-state index >= 15 is 0 Å². The Bertz CT molecular complexity index is 472. The highest BCUT2D eigenvalue weighted by atomic mass is 19.1. The molecular weight excluding hydrogens is 255 g/mol. The average molecular weight is 280 g/mol. The normalized spacial score (nSPS) is 12.6. The molecule has 1 unspecified atom stereocenters. The Morgan fingerprint density at radius 2 is 2.00 bits per heavy atom. The predicted molar refractivity (Wildman–Crippen MR) is 81.5 cm³/mol. The third kappa shape index (κ3) is 4.04. The predicted octanol–water partition coefficient (Wildman–Crippen LogP) is 3.50. The Kier molecular flexibility index (Phi) is 6.14. The van der Waals surface area contributed by atoms with E-state index in [1.807, 2.05) is 25.9 Å². The van der Waals surface area contributed by atoms with E-state index in [1.165, 1.54) is 6.07 Å². The Morgan fingerprint density at radius 1 is 1.35 bits per heavy atom. The van der Waals surface area contributed by atoms with Crippen molar-refractivity contribution in [2.45, 2.75) is 46.1 Å². The number of anilines is 1. The van der Waals surface area contributed by atoms with Crippen LogP contribution in [0.4, 0.5) is 10.1 Å². The van der Waals surface area contributed by atoms with E-state index in [9.17, 15) is 9.18 Å². The Hall–Kier alpha value is -1.42. The van der Waals surface area contributed by atoms with Crippen LogP contribution in [0.5, 0.6) is 0 Å². The van der Waals surface area contributed by atoms with Crippen LogP contribution in [0.25, 0.3) is 0 Å². The minimum Gasteiger partial charge on any atom is -0.324 e. The summed E-state index contributed by atoms with van der Waals surface area (Å²) in [5, 5.41) is 2.89. The van der Waals surface area contributed by atoms with Gasteiger partial charge in [-0.05, 0) is 46.0 Å². The summed E-state index contributed by atoms with van der Waals surface area (Å²) in [7, 11) is 3.79. The lowest BCUT2D eigenvalue weighted by atomic mass is 10.1. The van der Waals surface area contributed by atoms with E-state index < -0.39 is 0 Å². The average Bonchev–Trinajstić information content (AvgIpc) is 2.39. The van der Waals surface area contributed by atoms with E-state index in [0.29, 0.717) is 11.3 Å². The maximum atomic E-state index is 13.6. The number of benzene rings is 1. The van der Waals surface area contributed by atoms with Gasteiger partial charge in [-0.1, -0.05) is 25.8 Å². The summed E-state index contributed by atoms with van der Waals surface area (Å²) in [6.45, 7) is 5.67. The second kappa shape index (κ2) is 7.39. The fourth-order valence-corrected chi connectivity index (χ4v) is 2.24. The standard InChI is InChI=1S/C16H25FN2O/c1-6-7-8-14(19(4)5)16(20)18-15-11(2)9-10-13(17)12(15)3/h9-10,14H,6-8H2,1-5H3,(H,18,20). The second-order valence-corrected chi connectivity index (χ2v) is 5.48. The van der Waals surface area contributed by atoms with Crippen LogP contribution in [-0.2, 0) is 4.79 Å². The smallest absolute Gasteiger partial charge is 0.241 e. The zero-order valence-corrected chi connectivity index (χ0v) is 13.1. The largest absolute Gasteiger partial charge is 0.324 e. The number of rotatable bonds is 6. The Balaban J connectivity index is 2.91. The molecule has 0 spiro atoms. The van der Waals surface area contributed by atoms with Gasteiger partial charge in [0.05, 0.1) is 6.04 Å². The molecule has 0 radical (unpaired) electrons. The number of amides is 1. The molecule has 1 rings (SSSR count). The number of aryl methyl sites for hydroxylation is 1. The molecule has 0 aliphatic heterocycles. The van der Waals surface area contributed by atoms with Crippen LogP contribution in [0.2, 0.25) is 0 Å². The second-order valence-electron chi connectivity index (χ2n) is 5.48. The number of likely N-dealkylation sites (N-methyl/N-ethyl adjacent to an activating group) is 1. The van der Waals surface area contributed by atoms with Gasteiger partial charge in [0.15, 0.2) is 0 Å². The maximum Gasteiger partial charge on any atom is 0.241 e. The van der Waals surface area contributed by atoms with Crippen LogP contribution in [-0.4, -0.2) is 30.9 Å². The molecule has 112 valence electrons. The Morgan fingerprint density at radius 3 is 2.55 bits per heavy atom. The molecule has 4 heteroatoms. The van der Waals surface area contributed by atoms with E-state index in [1.54, 1.807) is 13.0 Å². The number of halogens is 1. The first-order valence-electron chi connectivity index (χ1n) is 7.11. The molecule has 1 aromatic rings. The van der Waals surface area contributed by atoms with Gasteiger partial charge in [-0.2, -0.15) is 0 Å². The molecule has 20 heavy (non-hydrogen) atoms.